The van der Waals surface area contributed by atoms with E-state index in [1.54, 1.807) is 12.1 Å². The van der Waals surface area contributed by atoms with E-state index in [1.807, 2.05) is 18.2 Å². The molecule has 0 aliphatic carbocycles. The summed E-state index contributed by atoms with van der Waals surface area (Å²) in [5.41, 5.74) is 0.732. The molecule has 1 aromatic carbocycles. The van der Waals surface area contributed by atoms with Crippen molar-refractivity contribution in [1.82, 2.24) is 0 Å². The predicted molar refractivity (Wildman–Crippen MR) is 45.2 cm³/mol. The van der Waals surface area contributed by atoms with Crippen LogP contribution in [0.1, 0.15) is 6.42 Å². The monoisotopic (exact) mass is 164 g/mol. The Balaban J connectivity index is 2.47. The van der Waals surface area contributed by atoms with Gasteiger partial charge in [0, 0.05) is 5.69 Å². The normalized spacial score (nSPS) is 9.42. The average molecular weight is 164 g/mol. The van der Waals surface area contributed by atoms with Gasteiger partial charge in [-0.2, -0.15) is 0 Å². The number of amides is 1. The molecule has 1 rings (SSSR count). The maximum Gasteiger partial charge on any atom is 0.226 e. The number of carbonyl (C=O) groups is 1. The third-order valence-corrected chi connectivity index (χ3v) is 1.39. The maximum absolute atomic E-state index is 10.9. The first-order chi connectivity index (χ1) is 5.83. The van der Waals surface area contributed by atoms with Gasteiger partial charge in [-0.3, -0.25) is 4.79 Å². The molecule has 0 bridgehead atoms. The van der Waals surface area contributed by atoms with Crippen LogP contribution in [0.4, 0.5) is 5.69 Å². The summed E-state index contributed by atoms with van der Waals surface area (Å²) in [5.74, 6) is -0.226. The summed E-state index contributed by atoms with van der Waals surface area (Å²) >= 11 is 0. The zero-order chi connectivity index (χ0) is 8.81. The summed E-state index contributed by atoms with van der Waals surface area (Å²) in [5, 5.41) is 12.7. The first kappa shape index (κ1) is 8.74. The van der Waals surface area contributed by atoms with Crippen LogP contribution in [0.2, 0.25) is 0 Å². The van der Waals surface area contributed by atoms with Crippen molar-refractivity contribution in [2.75, 3.05) is 11.9 Å². The Morgan fingerprint density at radius 3 is 2.50 bits per heavy atom. The Morgan fingerprint density at radius 1 is 1.25 bits per heavy atom. The molecule has 1 N–H and O–H groups in total. The lowest BCUT2D eigenvalue weighted by Crippen LogP contribution is -2.12. The third-order valence-electron chi connectivity index (χ3n) is 1.39. The van der Waals surface area contributed by atoms with Crippen LogP contribution in [0.25, 0.3) is 0 Å². The lowest BCUT2D eigenvalue weighted by molar-refractivity contribution is -0.117. The summed E-state index contributed by atoms with van der Waals surface area (Å²) in [6.07, 6.45) is 0.0366. The minimum absolute atomic E-state index is 0.0366. The van der Waals surface area contributed by atoms with E-state index >= 15 is 0 Å². The number of hydrogen-bond acceptors (Lipinski definition) is 1. The SMILES string of the molecule is [O]CCC(=O)Nc1ccccc1. The van der Waals surface area contributed by atoms with E-state index < -0.39 is 0 Å². The topological polar surface area (TPSA) is 49.0 Å². The highest BCUT2D eigenvalue weighted by Gasteiger charge is 1.99. The van der Waals surface area contributed by atoms with Crippen LogP contribution in [0, 0.1) is 0 Å². The molecule has 0 aliphatic rings. The van der Waals surface area contributed by atoms with Gasteiger partial charge in [-0.05, 0) is 12.1 Å². The minimum atomic E-state index is -0.362. The molecule has 1 amide bonds. The van der Waals surface area contributed by atoms with E-state index in [2.05, 4.69) is 5.32 Å². The van der Waals surface area contributed by atoms with Crippen LogP contribution in [-0.4, -0.2) is 12.5 Å². The van der Waals surface area contributed by atoms with Gasteiger partial charge >= 0.3 is 0 Å². The van der Waals surface area contributed by atoms with Gasteiger partial charge in [-0.25, -0.2) is 5.11 Å². The smallest absolute Gasteiger partial charge is 0.226 e. The lowest BCUT2D eigenvalue weighted by atomic mass is 10.3. The maximum atomic E-state index is 10.9. The second kappa shape index (κ2) is 4.51. The molecule has 3 heteroatoms. The van der Waals surface area contributed by atoms with Gasteiger partial charge in [-0.15, -0.1) is 0 Å². The Bertz CT molecular complexity index is 246. The standard InChI is InChI=1S/C9H10NO2/c11-7-6-9(12)10-8-4-2-1-3-5-8/h1-5H,6-7H2,(H,10,12). The van der Waals surface area contributed by atoms with Crippen LogP contribution < -0.4 is 5.32 Å². The van der Waals surface area contributed by atoms with Crippen molar-refractivity contribution >= 4 is 11.6 Å². The van der Waals surface area contributed by atoms with Crippen LogP contribution in [0.15, 0.2) is 30.3 Å². The molecule has 12 heavy (non-hydrogen) atoms. The first-order valence-corrected chi connectivity index (χ1v) is 3.76. The number of benzene rings is 1. The van der Waals surface area contributed by atoms with Gasteiger partial charge in [0.2, 0.25) is 5.91 Å². The van der Waals surface area contributed by atoms with Crippen LogP contribution >= 0.6 is 0 Å². The largest absolute Gasteiger partial charge is 0.326 e. The van der Waals surface area contributed by atoms with Crippen molar-refractivity contribution in [2.24, 2.45) is 0 Å². The van der Waals surface area contributed by atoms with Crippen molar-refractivity contribution in [1.29, 1.82) is 0 Å². The highest BCUT2D eigenvalue weighted by molar-refractivity contribution is 5.90. The number of carbonyl (C=O) groups excluding carboxylic acids is 1. The summed E-state index contributed by atoms with van der Waals surface area (Å²) in [4.78, 5) is 10.9. The van der Waals surface area contributed by atoms with Crippen LogP contribution in [-0.2, 0) is 9.90 Å². The summed E-state index contributed by atoms with van der Waals surface area (Å²) in [6, 6.07) is 9.08. The van der Waals surface area contributed by atoms with Gasteiger partial charge in [-0.1, -0.05) is 18.2 Å². The van der Waals surface area contributed by atoms with Crippen molar-refractivity contribution < 1.29 is 9.90 Å². The van der Waals surface area contributed by atoms with E-state index in [4.69, 9.17) is 0 Å². The Kier molecular flexibility index (Phi) is 3.29. The van der Waals surface area contributed by atoms with Crippen molar-refractivity contribution in [2.45, 2.75) is 6.42 Å². The summed E-state index contributed by atoms with van der Waals surface area (Å²) in [6.45, 7) is -0.362. The summed E-state index contributed by atoms with van der Waals surface area (Å²) < 4.78 is 0. The molecule has 0 spiro atoms. The molecule has 0 fully saturated rings. The summed E-state index contributed by atoms with van der Waals surface area (Å²) in [7, 11) is 0. The van der Waals surface area contributed by atoms with Crippen molar-refractivity contribution in [3.05, 3.63) is 30.3 Å². The van der Waals surface area contributed by atoms with Gasteiger partial charge in [0.05, 0.1) is 13.0 Å². The fourth-order valence-corrected chi connectivity index (χ4v) is 0.838. The molecule has 0 saturated carbocycles. The highest BCUT2D eigenvalue weighted by atomic mass is 16.3. The quantitative estimate of drug-likeness (QED) is 0.722. The second-order valence-corrected chi connectivity index (χ2v) is 2.37. The predicted octanol–water partition coefficient (Wildman–Crippen LogP) is 1.45. The molecule has 0 aromatic heterocycles. The lowest BCUT2D eigenvalue weighted by Gasteiger charge is -2.01. The highest BCUT2D eigenvalue weighted by Crippen LogP contribution is 2.04. The Hall–Kier alpha value is -1.35. The Morgan fingerprint density at radius 2 is 1.92 bits per heavy atom. The van der Waals surface area contributed by atoms with Gasteiger partial charge in [0.25, 0.3) is 0 Å². The first-order valence-electron chi connectivity index (χ1n) is 3.76. The van der Waals surface area contributed by atoms with E-state index in [-0.39, 0.29) is 18.9 Å². The van der Waals surface area contributed by atoms with Crippen LogP contribution in [0.3, 0.4) is 0 Å². The van der Waals surface area contributed by atoms with Gasteiger partial charge in [0.1, 0.15) is 0 Å². The molecule has 3 nitrogen and oxygen atoms in total. The van der Waals surface area contributed by atoms with Crippen molar-refractivity contribution in [3.8, 4) is 0 Å². The number of para-hydroxylation sites is 1. The zero-order valence-electron chi connectivity index (χ0n) is 6.62. The second-order valence-electron chi connectivity index (χ2n) is 2.37. The molecule has 63 valence electrons. The Labute approximate surface area is 71.0 Å². The molecule has 1 radical (unpaired) electrons. The number of anilines is 1. The molecule has 0 aliphatic heterocycles. The molecule has 0 atom stereocenters. The zero-order valence-corrected chi connectivity index (χ0v) is 6.62. The fourth-order valence-electron chi connectivity index (χ4n) is 0.838. The molecule has 1 aromatic rings. The van der Waals surface area contributed by atoms with Crippen LogP contribution in [0.5, 0.6) is 0 Å². The molecular formula is C9H10NO2. The minimum Gasteiger partial charge on any atom is -0.326 e. The molecule has 0 unspecified atom stereocenters. The number of hydrogen-bond donors (Lipinski definition) is 1. The number of nitrogens with one attached hydrogen (secondary N) is 1. The van der Waals surface area contributed by atoms with E-state index in [1.165, 1.54) is 0 Å². The third kappa shape index (κ3) is 2.72. The van der Waals surface area contributed by atoms with E-state index in [0.29, 0.717) is 0 Å². The average Bonchev–Trinajstić information content (AvgIpc) is 2.06. The molecular weight excluding hydrogens is 154 g/mol. The van der Waals surface area contributed by atoms with Gasteiger partial charge < -0.3 is 5.32 Å². The van der Waals surface area contributed by atoms with Gasteiger partial charge in [0.15, 0.2) is 0 Å². The van der Waals surface area contributed by atoms with Crippen molar-refractivity contribution in [3.63, 3.8) is 0 Å². The number of rotatable bonds is 3. The molecule has 0 heterocycles. The fraction of sp³-hybridized carbons (Fsp3) is 0.222. The molecule has 0 saturated heterocycles. The van der Waals surface area contributed by atoms with E-state index in [0.717, 1.165) is 5.69 Å². The van der Waals surface area contributed by atoms with E-state index in [9.17, 15) is 9.90 Å².